The molecule has 7 nitrogen and oxygen atoms in total. The number of guanidine groups is 1. The molecule has 1 aliphatic heterocycles. The number of aliphatic imine (C=N–C) groups is 1. The van der Waals surface area contributed by atoms with E-state index in [1.54, 1.807) is 11.9 Å². The van der Waals surface area contributed by atoms with Gasteiger partial charge in [-0.25, -0.2) is 8.78 Å². The third kappa shape index (κ3) is 4.58. The molecule has 1 aromatic heterocycles. The largest absolute Gasteiger partial charge is 0.365 e. The summed E-state index contributed by atoms with van der Waals surface area (Å²) in [5.41, 5.74) is -0.184. The Hall–Kier alpha value is -2.71. The highest BCUT2D eigenvalue weighted by atomic mass is 19.1. The number of nitrogens with zero attached hydrogens (tertiary/aromatic N) is 4. The maximum absolute atomic E-state index is 14.0. The van der Waals surface area contributed by atoms with Crippen molar-refractivity contribution in [2.24, 2.45) is 4.99 Å². The topological polar surface area (TPSA) is 78.6 Å². The summed E-state index contributed by atoms with van der Waals surface area (Å²) < 4.78 is 33.3. The van der Waals surface area contributed by atoms with E-state index in [0.717, 1.165) is 6.42 Å². The number of rotatable bonds is 4. The van der Waals surface area contributed by atoms with Crippen molar-refractivity contribution in [3.63, 3.8) is 0 Å². The van der Waals surface area contributed by atoms with Crippen LogP contribution in [0.5, 0.6) is 0 Å². The highest BCUT2D eigenvalue weighted by Gasteiger charge is 2.27. The summed E-state index contributed by atoms with van der Waals surface area (Å²) in [5.74, 6) is 0.591. The molecule has 1 aromatic carbocycles. The number of halogens is 2. The van der Waals surface area contributed by atoms with Gasteiger partial charge in [0.25, 0.3) is 0 Å². The van der Waals surface area contributed by atoms with E-state index >= 15 is 0 Å². The SMILES string of the molecule is CN=C(NCc1noc(C(C)(C)C)n1)NC1CCN(c2c(F)cccc2F)C1. The molecule has 1 unspecified atom stereocenters. The lowest BCUT2D eigenvalue weighted by molar-refractivity contribution is 0.318. The summed E-state index contributed by atoms with van der Waals surface area (Å²) in [4.78, 5) is 10.3. The average Bonchev–Trinajstić information content (AvgIpc) is 3.28. The molecule has 9 heteroatoms. The molecule has 0 amide bonds. The highest BCUT2D eigenvalue weighted by molar-refractivity contribution is 5.80. The monoisotopic (exact) mass is 392 g/mol. The maximum atomic E-state index is 14.0. The molecule has 0 bridgehead atoms. The van der Waals surface area contributed by atoms with E-state index in [1.807, 2.05) is 20.8 Å². The van der Waals surface area contributed by atoms with Crippen molar-refractivity contribution in [3.8, 4) is 0 Å². The minimum absolute atomic E-state index is 0.0145. The lowest BCUT2D eigenvalue weighted by Gasteiger charge is -2.21. The number of nitrogens with one attached hydrogen (secondary N) is 2. The zero-order valence-electron chi connectivity index (χ0n) is 16.6. The standard InChI is InChI=1S/C19H26F2N6O/c1-19(2,3)17-25-15(26-28-17)10-23-18(22-4)24-12-8-9-27(11-12)16-13(20)6-5-7-14(16)21/h5-7,12H,8-11H2,1-4H3,(H2,22,23,24). The summed E-state index contributed by atoms with van der Waals surface area (Å²) >= 11 is 0. The number of anilines is 1. The van der Waals surface area contributed by atoms with E-state index in [9.17, 15) is 8.78 Å². The van der Waals surface area contributed by atoms with Crippen molar-refractivity contribution >= 4 is 11.6 Å². The van der Waals surface area contributed by atoms with Gasteiger partial charge in [0.2, 0.25) is 5.89 Å². The molecule has 2 heterocycles. The molecular formula is C19H26F2N6O. The van der Waals surface area contributed by atoms with Crippen LogP contribution in [0.2, 0.25) is 0 Å². The lowest BCUT2D eigenvalue weighted by Crippen LogP contribution is -2.44. The summed E-state index contributed by atoms with van der Waals surface area (Å²) in [5, 5.41) is 10.4. The van der Waals surface area contributed by atoms with E-state index in [4.69, 9.17) is 4.52 Å². The van der Waals surface area contributed by atoms with Crippen LogP contribution in [-0.2, 0) is 12.0 Å². The normalized spacial score (nSPS) is 17.9. The molecular weight excluding hydrogens is 366 g/mol. The number of hydrogen-bond donors (Lipinski definition) is 2. The summed E-state index contributed by atoms with van der Waals surface area (Å²) in [6, 6.07) is 3.93. The second-order valence-corrected chi connectivity index (χ2v) is 7.84. The van der Waals surface area contributed by atoms with Gasteiger partial charge in [0.1, 0.15) is 17.3 Å². The van der Waals surface area contributed by atoms with Crippen LogP contribution in [0.25, 0.3) is 0 Å². The van der Waals surface area contributed by atoms with Gasteiger partial charge in [-0.2, -0.15) is 4.98 Å². The van der Waals surface area contributed by atoms with Crippen LogP contribution in [0.3, 0.4) is 0 Å². The Morgan fingerprint density at radius 1 is 1.32 bits per heavy atom. The number of hydrogen-bond acceptors (Lipinski definition) is 5. The van der Waals surface area contributed by atoms with Gasteiger partial charge >= 0.3 is 0 Å². The third-order valence-electron chi connectivity index (χ3n) is 4.53. The molecule has 0 aliphatic carbocycles. The molecule has 0 saturated carbocycles. The predicted octanol–water partition coefficient (Wildman–Crippen LogP) is 2.59. The number of benzene rings is 1. The highest BCUT2D eigenvalue weighted by Crippen LogP contribution is 2.26. The van der Waals surface area contributed by atoms with Crippen molar-refractivity contribution in [1.82, 2.24) is 20.8 Å². The van der Waals surface area contributed by atoms with Gasteiger partial charge in [-0.15, -0.1) is 0 Å². The minimum atomic E-state index is -0.546. The van der Waals surface area contributed by atoms with Crippen LogP contribution in [-0.4, -0.2) is 42.3 Å². The number of aromatic nitrogens is 2. The molecule has 1 saturated heterocycles. The first-order valence-corrected chi connectivity index (χ1v) is 9.27. The molecule has 1 fully saturated rings. The molecule has 1 atom stereocenters. The second kappa shape index (κ2) is 8.12. The Morgan fingerprint density at radius 2 is 2.04 bits per heavy atom. The van der Waals surface area contributed by atoms with Gasteiger partial charge in [-0.05, 0) is 18.6 Å². The Balaban J connectivity index is 1.55. The first kappa shape index (κ1) is 20.0. The first-order valence-electron chi connectivity index (χ1n) is 9.27. The maximum Gasteiger partial charge on any atom is 0.232 e. The molecule has 28 heavy (non-hydrogen) atoms. The summed E-state index contributed by atoms with van der Waals surface area (Å²) in [6.07, 6.45) is 0.741. The third-order valence-corrected chi connectivity index (χ3v) is 4.53. The molecule has 2 N–H and O–H groups in total. The predicted molar refractivity (Wildman–Crippen MR) is 103 cm³/mol. The first-order chi connectivity index (χ1) is 13.3. The zero-order chi connectivity index (χ0) is 20.3. The van der Waals surface area contributed by atoms with Crippen LogP contribution in [0, 0.1) is 11.6 Å². The van der Waals surface area contributed by atoms with Crippen LogP contribution in [0.1, 0.15) is 38.9 Å². The van der Waals surface area contributed by atoms with Crippen LogP contribution in [0.15, 0.2) is 27.7 Å². The molecule has 0 spiro atoms. The Kier molecular flexibility index (Phi) is 5.81. The van der Waals surface area contributed by atoms with E-state index in [-0.39, 0.29) is 17.1 Å². The summed E-state index contributed by atoms with van der Waals surface area (Å²) in [7, 11) is 1.66. The minimum Gasteiger partial charge on any atom is -0.365 e. The van der Waals surface area contributed by atoms with Crippen molar-refractivity contribution in [2.45, 2.75) is 45.2 Å². The van der Waals surface area contributed by atoms with E-state index in [1.165, 1.54) is 18.2 Å². The van der Waals surface area contributed by atoms with Gasteiger partial charge in [-0.3, -0.25) is 4.99 Å². The van der Waals surface area contributed by atoms with E-state index in [2.05, 4.69) is 25.8 Å². The van der Waals surface area contributed by atoms with Gasteiger partial charge in [-0.1, -0.05) is 32.0 Å². The smallest absolute Gasteiger partial charge is 0.232 e. The number of para-hydroxylation sites is 1. The Bertz CT molecular complexity index is 825. The van der Waals surface area contributed by atoms with Crippen molar-refractivity contribution < 1.29 is 13.3 Å². The quantitative estimate of drug-likeness (QED) is 0.615. The Labute approximate surface area is 163 Å². The van der Waals surface area contributed by atoms with Crippen LogP contribution < -0.4 is 15.5 Å². The van der Waals surface area contributed by atoms with E-state index < -0.39 is 11.6 Å². The van der Waals surface area contributed by atoms with Crippen molar-refractivity contribution in [3.05, 3.63) is 41.5 Å². The van der Waals surface area contributed by atoms with Gasteiger partial charge in [0, 0.05) is 31.6 Å². The average molecular weight is 392 g/mol. The molecule has 3 rings (SSSR count). The second-order valence-electron chi connectivity index (χ2n) is 7.84. The zero-order valence-corrected chi connectivity index (χ0v) is 16.6. The van der Waals surface area contributed by atoms with Gasteiger partial charge < -0.3 is 20.1 Å². The molecule has 2 aromatic rings. The molecule has 0 radical (unpaired) electrons. The van der Waals surface area contributed by atoms with E-state index in [0.29, 0.717) is 37.3 Å². The van der Waals surface area contributed by atoms with Crippen LogP contribution in [0.4, 0.5) is 14.5 Å². The molecule has 1 aliphatic rings. The fourth-order valence-electron chi connectivity index (χ4n) is 3.05. The fraction of sp³-hybridized carbons (Fsp3) is 0.526. The summed E-state index contributed by atoms with van der Waals surface area (Å²) in [6.45, 7) is 7.41. The molecule has 152 valence electrons. The van der Waals surface area contributed by atoms with Gasteiger partial charge in [0.15, 0.2) is 11.8 Å². The van der Waals surface area contributed by atoms with Crippen molar-refractivity contribution in [2.75, 3.05) is 25.0 Å². The van der Waals surface area contributed by atoms with Crippen molar-refractivity contribution in [1.29, 1.82) is 0 Å². The van der Waals surface area contributed by atoms with Gasteiger partial charge in [0.05, 0.1) is 6.54 Å². The lowest BCUT2D eigenvalue weighted by atomic mass is 9.97. The Morgan fingerprint density at radius 3 is 2.64 bits per heavy atom. The van der Waals surface area contributed by atoms with Crippen LogP contribution >= 0.6 is 0 Å². The fourth-order valence-corrected chi connectivity index (χ4v) is 3.05.